The summed E-state index contributed by atoms with van der Waals surface area (Å²) in [5.74, 6) is 0.446. The van der Waals surface area contributed by atoms with Crippen LogP contribution in [0.5, 0.6) is 0 Å². The highest BCUT2D eigenvalue weighted by Gasteiger charge is 2.23. The minimum absolute atomic E-state index is 0.132. The number of thiophene rings is 1. The lowest BCUT2D eigenvalue weighted by Crippen LogP contribution is -2.02. The van der Waals surface area contributed by atoms with Gasteiger partial charge in [-0.2, -0.15) is 0 Å². The van der Waals surface area contributed by atoms with E-state index in [0.717, 1.165) is 11.0 Å². The number of rotatable bonds is 3. The molecule has 0 bridgehead atoms. The number of nitrogens with two attached hydrogens (primary N) is 2. The summed E-state index contributed by atoms with van der Waals surface area (Å²) in [6.07, 6.45) is 0. The lowest BCUT2D eigenvalue weighted by atomic mass is 10.1. The van der Waals surface area contributed by atoms with Crippen molar-refractivity contribution in [2.45, 2.75) is 0 Å². The maximum atomic E-state index is 12.7. The van der Waals surface area contributed by atoms with Crippen molar-refractivity contribution in [3.8, 4) is 11.4 Å². The summed E-state index contributed by atoms with van der Waals surface area (Å²) in [5.41, 5.74) is 15.7. The summed E-state index contributed by atoms with van der Waals surface area (Å²) < 4.78 is 0. The molecule has 24 heavy (non-hydrogen) atoms. The van der Waals surface area contributed by atoms with E-state index in [9.17, 15) is 4.79 Å². The second-order valence-corrected chi connectivity index (χ2v) is 6.43. The quantitative estimate of drug-likeness (QED) is 0.498. The zero-order valence-electron chi connectivity index (χ0n) is 12.6. The monoisotopic (exact) mass is 334 g/mol. The number of fused-ring (bicyclic) bond motifs is 1. The molecule has 6 heteroatoms. The van der Waals surface area contributed by atoms with Crippen LogP contribution in [0.3, 0.4) is 0 Å². The van der Waals surface area contributed by atoms with Crippen molar-refractivity contribution in [1.29, 1.82) is 0 Å². The molecule has 0 aliphatic heterocycles. The Hall–Kier alpha value is -3.12. The van der Waals surface area contributed by atoms with E-state index in [1.165, 1.54) is 11.3 Å². The third-order valence-electron chi connectivity index (χ3n) is 3.84. The van der Waals surface area contributed by atoms with Gasteiger partial charge in [-0.05, 0) is 12.1 Å². The molecule has 0 atom stereocenters. The molecule has 0 aliphatic carbocycles. The SMILES string of the molecule is Nc1sc(C(=O)c2ccccc2)c(N)c1-c1nc2ccccc2[nH]1. The number of ketones is 1. The lowest BCUT2D eigenvalue weighted by Gasteiger charge is -2.00. The zero-order chi connectivity index (χ0) is 16.7. The van der Waals surface area contributed by atoms with E-state index in [0.29, 0.717) is 32.5 Å². The molecular weight excluding hydrogens is 320 g/mol. The predicted octanol–water partition coefficient (Wildman–Crippen LogP) is 3.69. The highest BCUT2D eigenvalue weighted by molar-refractivity contribution is 7.19. The van der Waals surface area contributed by atoms with Crippen LogP contribution in [0, 0.1) is 0 Å². The molecule has 2 heterocycles. The standard InChI is InChI=1S/C18H14N4OS/c19-14-13(18-21-11-8-4-5-9-12(11)22-18)17(20)24-16(14)15(23)10-6-2-1-3-7-10/h1-9H,19-20H2,(H,21,22). The molecule has 0 saturated heterocycles. The molecule has 5 nitrogen and oxygen atoms in total. The molecule has 0 aliphatic rings. The first-order valence-corrected chi connectivity index (χ1v) is 8.19. The van der Waals surface area contributed by atoms with Gasteiger partial charge in [-0.15, -0.1) is 11.3 Å². The molecule has 2 aromatic heterocycles. The van der Waals surface area contributed by atoms with Crippen molar-refractivity contribution >= 4 is 38.8 Å². The normalized spacial score (nSPS) is 11.0. The Morgan fingerprint density at radius 2 is 1.71 bits per heavy atom. The minimum Gasteiger partial charge on any atom is -0.397 e. The molecule has 5 N–H and O–H groups in total. The number of benzene rings is 2. The number of carbonyl (C=O) groups is 1. The van der Waals surface area contributed by atoms with E-state index in [1.54, 1.807) is 12.1 Å². The van der Waals surface area contributed by atoms with Crippen molar-refractivity contribution in [3.63, 3.8) is 0 Å². The maximum absolute atomic E-state index is 12.7. The first-order valence-electron chi connectivity index (χ1n) is 7.37. The lowest BCUT2D eigenvalue weighted by molar-refractivity contribution is 0.104. The van der Waals surface area contributed by atoms with Gasteiger partial charge in [0.05, 0.1) is 27.3 Å². The maximum Gasteiger partial charge on any atom is 0.205 e. The number of aromatic nitrogens is 2. The number of para-hydroxylation sites is 2. The van der Waals surface area contributed by atoms with Crippen molar-refractivity contribution < 1.29 is 4.79 Å². The van der Waals surface area contributed by atoms with E-state index in [1.807, 2.05) is 42.5 Å². The first kappa shape index (κ1) is 14.5. The number of nitrogen functional groups attached to an aromatic ring is 2. The highest BCUT2D eigenvalue weighted by atomic mass is 32.1. The molecule has 0 unspecified atom stereocenters. The van der Waals surface area contributed by atoms with Gasteiger partial charge in [-0.25, -0.2) is 4.98 Å². The second-order valence-electron chi connectivity index (χ2n) is 5.38. The topological polar surface area (TPSA) is 97.8 Å². The summed E-state index contributed by atoms with van der Waals surface area (Å²) in [7, 11) is 0. The molecule has 118 valence electrons. The van der Waals surface area contributed by atoms with E-state index >= 15 is 0 Å². The number of aromatic amines is 1. The number of anilines is 2. The zero-order valence-corrected chi connectivity index (χ0v) is 13.4. The Morgan fingerprint density at radius 1 is 1.00 bits per heavy atom. The van der Waals surface area contributed by atoms with E-state index in [4.69, 9.17) is 11.5 Å². The molecule has 4 rings (SSSR count). The van der Waals surface area contributed by atoms with Crippen LogP contribution in [-0.4, -0.2) is 15.8 Å². The van der Waals surface area contributed by atoms with Crippen LogP contribution in [0.15, 0.2) is 54.6 Å². The van der Waals surface area contributed by atoms with Gasteiger partial charge in [0.15, 0.2) is 0 Å². The van der Waals surface area contributed by atoms with Gasteiger partial charge >= 0.3 is 0 Å². The van der Waals surface area contributed by atoms with Crippen molar-refractivity contribution in [2.75, 3.05) is 11.5 Å². The third-order valence-corrected chi connectivity index (χ3v) is 4.87. The molecule has 4 aromatic rings. The van der Waals surface area contributed by atoms with Gasteiger partial charge < -0.3 is 16.5 Å². The Bertz CT molecular complexity index is 1020. The molecule has 0 saturated carbocycles. The van der Waals surface area contributed by atoms with Gasteiger partial charge in [0.1, 0.15) is 10.7 Å². The van der Waals surface area contributed by atoms with Gasteiger partial charge in [0.25, 0.3) is 0 Å². The Kier molecular flexibility index (Phi) is 3.32. The number of carbonyl (C=O) groups excluding carboxylic acids is 1. The number of imidazole rings is 1. The van der Waals surface area contributed by atoms with E-state index in [2.05, 4.69) is 9.97 Å². The smallest absolute Gasteiger partial charge is 0.205 e. The molecule has 2 aromatic carbocycles. The molecule has 0 spiro atoms. The van der Waals surface area contributed by atoms with Crippen LogP contribution in [0.25, 0.3) is 22.4 Å². The Morgan fingerprint density at radius 3 is 2.46 bits per heavy atom. The molecule has 0 fully saturated rings. The van der Waals surface area contributed by atoms with Gasteiger partial charge in [-0.3, -0.25) is 4.79 Å². The summed E-state index contributed by atoms with van der Waals surface area (Å²) in [5, 5.41) is 0.478. The van der Waals surface area contributed by atoms with E-state index < -0.39 is 0 Å². The summed E-state index contributed by atoms with van der Waals surface area (Å²) in [4.78, 5) is 20.9. The number of nitrogens with zero attached hydrogens (tertiary/aromatic N) is 1. The summed E-state index contributed by atoms with van der Waals surface area (Å²) in [6, 6.07) is 16.7. The van der Waals surface area contributed by atoms with Gasteiger partial charge in [0.2, 0.25) is 5.78 Å². The Labute approximate surface area is 142 Å². The average molecular weight is 334 g/mol. The second kappa shape index (κ2) is 5.50. The molecule has 0 radical (unpaired) electrons. The van der Waals surface area contributed by atoms with Crippen LogP contribution < -0.4 is 11.5 Å². The molecule has 0 amide bonds. The fraction of sp³-hybridized carbons (Fsp3) is 0. The van der Waals surface area contributed by atoms with Crippen LogP contribution >= 0.6 is 11.3 Å². The minimum atomic E-state index is -0.132. The molecular formula is C18H14N4OS. The third kappa shape index (κ3) is 2.24. The van der Waals surface area contributed by atoms with Crippen molar-refractivity contribution in [3.05, 3.63) is 65.0 Å². The van der Waals surface area contributed by atoms with Gasteiger partial charge in [0, 0.05) is 5.56 Å². The van der Waals surface area contributed by atoms with E-state index in [-0.39, 0.29) is 5.78 Å². The van der Waals surface area contributed by atoms with Crippen LogP contribution in [0.1, 0.15) is 15.2 Å². The Balaban J connectivity index is 1.83. The van der Waals surface area contributed by atoms with Crippen LogP contribution in [0.2, 0.25) is 0 Å². The summed E-state index contributed by atoms with van der Waals surface area (Å²) in [6.45, 7) is 0. The number of H-pyrrole nitrogens is 1. The van der Waals surface area contributed by atoms with Crippen LogP contribution in [-0.2, 0) is 0 Å². The van der Waals surface area contributed by atoms with Gasteiger partial charge in [-0.1, -0.05) is 42.5 Å². The largest absolute Gasteiger partial charge is 0.397 e. The fourth-order valence-corrected chi connectivity index (χ4v) is 3.62. The average Bonchev–Trinajstić information content (AvgIpc) is 3.15. The van der Waals surface area contributed by atoms with Crippen molar-refractivity contribution in [1.82, 2.24) is 9.97 Å². The van der Waals surface area contributed by atoms with Crippen molar-refractivity contribution in [2.24, 2.45) is 0 Å². The number of nitrogens with one attached hydrogen (secondary N) is 1. The summed E-state index contributed by atoms with van der Waals surface area (Å²) >= 11 is 1.19. The number of hydrogen-bond donors (Lipinski definition) is 3. The predicted molar refractivity (Wildman–Crippen MR) is 98.1 cm³/mol. The first-order chi connectivity index (χ1) is 11.6. The van der Waals surface area contributed by atoms with Crippen LogP contribution in [0.4, 0.5) is 10.7 Å². The fourth-order valence-electron chi connectivity index (χ4n) is 2.67. The highest BCUT2D eigenvalue weighted by Crippen LogP contribution is 2.41. The number of hydrogen-bond acceptors (Lipinski definition) is 5.